The number of hydrogen-bond donors (Lipinski definition) is 1. The predicted molar refractivity (Wildman–Crippen MR) is 73.4 cm³/mol. The molecule has 1 saturated heterocycles. The first kappa shape index (κ1) is 12.6. The third-order valence-corrected chi connectivity index (χ3v) is 3.61. The summed E-state index contributed by atoms with van der Waals surface area (Å²) in [6, 6.07) is 10.9. The normalized spacial score (nSPS) is 18.9. The van der Waals surface area contributed by atoms with Crippen molar-refractivity contribution in [2.24, 2.45) is 0 Å². The van der Waals surface area contributed by atoms with E-state index in [0.29, 0.717) is 0 Å². The molecule has 0 radical (unpaired) electrons. The number of rotatable bonds is 3. The molecule has 2 heteroatoms. The molecule has 1 N–H and O–H groups in total. The Morgan fingerprint density at radius 1 is 1.12 bits per heavy atom. The monoisotopic (exact) mass is 232 g/mol. The van der Waals surface area contributed by atoms with Gasteiger partial charge in [-0.15, -0.1) is 0 Å². The molecule has 1 aliphatic rings. The summed E-state index contributed by atoms with van der Waals surface area (Å²) in [6.45, 7) is 10.5. The first-order valence-electron chi connectivity index (χ1n) is 6.67. The summed E-state index contributed by atoms with van der Waals surface area (Å²) < 4.78 is 0. The molecule has 1 aromatic carbocycles. The molecule has 1 aromatic rings. The Hall–Kier alpha value is -0.860. The fraction of sp³-hybridized carbons (Fsp3) is 0.600. The summed E-state index contributed by atoms with van der Waals surface area (Å²) in [5.41, 5.74) is 1.68. The SMILES string of the molecule is CC(C)(CN1CCCNCC1)c1ccccc1. The van der Waals surface area contributed by atoms with Crippen LogP contribution < -0.4 is 5.32 Å². The van der Waals surface area contributed by atoms with Gasteiger partial charge >= 0.3 is 0 Å². The van der Waals surface area contributed by atoms with E-state index in [0.717, 1.165) is 13.1 Å². The van der Waals surface area contributed by atoms with Crippen LogP contribution in [0.1, 0.15) is 25.8 Å². The van der Waals surface area contributed by atoms with Crippen molar-refractivity contribution in [3.8, 4) is 0 Å². The third-order valence-electron chi connectivity index (χ3n) is 3.61. The Labute approximate surface area is 105 Å². The first-order valence-corrected chi connectivity index (χ1v) is 6.67. The van der Waals surface area contributed by atoms with Crippen LogP contribution in [0.5, 0.6) is 0 Å². The minimum Gasteiger partial charge on any atom is -0.315 e. The first-order chi connectivity index (χ1) is 8.18. The molecule has 0 aliphatic carbocycles. The summed E-state index contributed by atoms with van der Waals surface area (Å²) in [7, 11) is 0. The van der Waals surface area contributed by atoms with Gasteiger partial charge in [-0.25, -0.2) is 0 Å². The van der Waals surface area contributed by atoms with E-state index in [2.05, 4.69) is 54.4 Å². The highest BCUT2D eigenvalue weighted by molar-refractivity contribution is 5.23. The van der Waals surface area contributed by atoms with Crippen molar-refractivity contribution in [2.45, 2.75) is 25.7 Å². The van der Waals surface area contributed by atoms with E-state index in [4.69, 9.17) is 0 Å². The Morgan fingerprint density at radius 2 is 1.88 bits per heavy atom. The fourth-order valence-electron chi connectivity index (χ4n) is 2.60. The number of benzene rings is 1. The second-order valence-corrected chi connectivity index (χ2v) is 5.63. The van der Waals surface area contributed by atoms with Crippen molar-refractivity contribution >= 4 is 0 Å². The van der Waals surface area contributed by atoms with Crippen LogP contribution in [-0.4, -0.2) is 37.6 Å². The summed E-state index contributed by atoms with van der Waals surface area (Å²) in [5, 5.41) is 3.46. The zero-order valence-corrected chi connectivity index (χ0v) is 11.1. The minimum atomic E-state index is 0.242. The van der Waals surface area contributed by atoms with Crippen molar-refractivity contribution in [1.29, 1.82) is 0 Å². The lowest BCUT2D eigenvalue weighted by Gasteiger charge is -2.32. The van der Waals surface area contributed by atoms with E-state index in [9.17, 15) is 0 Å². The number of nitrogens with one attached hydrogen (secondary N) is 1. The molecule has 0 aromatic heterocycles. The molecule has 1 aliphatic heterocycles. The van der Waals surface area contributed by atoms with Gasteiger partial charge in [-0.2, -0.15) is 0 Å². The van der Waals surface area contributed by atoms with E-state index in [1.807, 2.05) is 0 Å². The van der Waals surface area contributed by atoms with Gasteiger partial charge < -0.3 is 10.2 Å². The Kier molecular flexibility index (Phi) is 4.19. The highest BCUT2D eigenvalue weighted by Crippen LogP contribution is 2.24. The van der Waals surface area contributed by atoms with Crippen molar-refractivity contribution in [1.82, 2.24) is 10.2 Å². The molecule has 17 heavy (non-hydrogen) atoms. The van der Waals surface area contributed by atoms with Gasteiger partial charge in [0.2, 0.25) is 0 Å². The van der Waals surface area contributed by atoms with Crippen LogP contribution in [0.25, 0.3) is 0 Å². The fourth-order valence-corrected chi connectivity index (χ4v) is 2.60. The second kappa shape index (κ2) is 5.65. The van der Waals surface area contributed by atoms with Gasteiger partial charge in [0, 0.05) is 25.0 Å². The van der Waals surface area contributed by atoms with E-state index in [1.54, 1.807) is 0 Å². The van der Waals surface area contributed by atoms with Gasteiger partial charge in [-0.05, 0) is 25.1 Å². The Balaban J connectivity index is 2.01. The lowest BCUT2D eigenvalue weighted by atomic mass is 9.84. The van der Waals surface area contributed by atoms with Crippen LogP contribution in [0.3, 0.4) is 0 Å². The standard InChI is InChI=1S/C15H24N2/c1-15(2,14-7-4-3-5-8-14)13-17-11-6-9-16-10-12-17/h3-5,7-8,16H,6,9-13H2,1-2H3. The average Bonchev–Trinajstić information content (AvgIpc) is 2.58. The molecule has 94 valence electrons. The number of nitrogens with zero attached hydrogens (tertiary/aromatic N) is 1. The van der Waals surface area contributed by atoms with Crippen LogP contribution in [0.2, 0.25) is 0 Å². The molecule has 0 unspecified atom stereocenters. The van der Waals surface area contributed by atoms with Gasteiger partial charge in [-0.1, -0.05) is 44.2 Å². The maximum absolute atomic E-state index is 3.46. The molecule has 1 fully saturated rings. The second-order valence-electron chi connectivity index (χ2n) is 5.63. The van der Waals surface area contributed by atoms with E-state index < -0.39 is 0 Å². The van der Waals surface area contributed by atoms with Crippen molar-refractivity contribution in [3.05, 3.63) is 35.9 Å². The quantitative estimate of drug-likeness (QED) is 0.860. The van der Waals surface area contributed by atoms with Gasteiger partial charge in [0.25, 0.3) is 0 Å². The molecule has 0 spiro atoms. The highest BCUT2D eigenvalue weighted by Gasteiger charge is 2.23. The van der Waals surface area contributed by atoms with Crippen molar-refractivity contribution in [3.63, 3.8) is 0 Å². The van der Waals surface area contributed by atoms with Gasteiger partial charge in [0.15, 0.2) is 0 Å². The third kappa shape index (κ3) is 3.55. The molecule has 0 atom stereocenters. The van der Waals surface area contributed by atoms with Crippen LogP contribution >= 0.6 is 0 Å². The largest absolute Gasteiger partial charge is 0.315 e. The van der Waals surface area contributed by atoms with Crippen LogP contribution in [0.4, 0.5) is 0 Å². The summed E-state index contributed by atoms with van der Waals surface area (Å²) in [6.07, 6.45) is 1.27. The van der Waals surface area contributed by atoms with Gasteiger partial charge in [0.1, 0.15) is 0 Å². The molecular formula is C15H24N2. The van der Waals surface area contributed by atoms with Crippen LogP contribution in [-0.2, 0) is 5.41 Å². The average molecular weight is 232 g/mol. The lowest BCUT2D eigenvalue weighted by molar-refractivity contribution is 0.237. The molecule has 2 nitrogen and oxygen atoms in total. The summed E-state index contributed by atoms with van der Waals surface area (Å²) in [5.74, 6) is 0. The van der Waals surface area contributed by atoms with E-state index >= 15 is 0 Å². The maximum Gasteiger partial charge on any atom is 0.0107 e. The Bertz CT molecular complexity index is 324. The van der Waals surface area contributed by atoms with Crippen molar-refractivity contribution < 1.29 is 0 Å². The molecule has 0 amide bonds. The zero-order chi connectivity index (χ0) is 12.1. The molecule has 1 heterocycles. The smallest absolute Gasteiger partial charge is 0.0107 e. The maximum atomic E-state index is 3.46. The minimum absolute atomic E-state index is 0.242. The van der Waals surface area contributed by atoms with Crippen LogP contribution in [0.15, 0.2) is 30.3 Å². The Morgan fingerprint density at radius 3 is 2.65 bits per heavy atom. The zero-order valence-electron chi connectivity index (χ0n) is 11.1. The topological polar surface area (TPSA) is 15.3 Å². The van der Waals surface area contributed by atoms with Crippen LogP contribution in [0, 0.1) is 0 Å². The van der Waals surface area contributed by atoms with Gasteiger partial charge in [0.05, 0.1) is 0 Å². The lowest BCUT2D eigenvalue weighted by Crippen LogP contribution is -2.38. The number of hydrogen-bond acceptors (Lipinski definition) is 2. The predicted octanol–water partition coefficient (Wildman–Crippen LogP) is 2.26. The van der Waals surface area contributed by atoms with E-state index in [-0.39, 0.29) is 5.41 Å². The summed E-state index contributed by atoms with van der Waals surface area (Å²) in [4.78, 5) is 2.59. The molecule has 2 rings (SSSR count). The van der Waals surface area contributed by atoms with E-state index in [1.165, 1.54) is 31.6 Å². The highest BCUT2D eigenvalue weighted by atomic mass is 15.2. The van der Waals surface area contributed by atoms with Gasteiger partial charge in [-0.3, -0.25) is 0 Å². The molecule has 0 saturated carbocycles. The summed E-state index contributed by atoms with van der Waals surface area (Å²) >= 11 is 0. The molecular weight excluding hydrogens is 208 g/mol. The molecule has 0 bridgehead atoms. The van der Waals surface area contributed by atoms with Crippen molar-refractivity contribution in [2.75, 3.05) is 32.7 Å².